The van der Waals surface area contributed by atoms with E-state index in [0.717, 1.165) is 24.6 Å². The molecule has 1 aliphatic rings. The minimum atomic E-state index is -0.971. The average molecular weight is 466 g/mol. The van der Waals surface area contributed by atoms with Crippen LogP contribution in [0, 0.1) is 11.6 Å². The summed E-state index contributed by atoms with van der Waals surface area (Å²) in [6, 6.07) is 9.44. The van der Waals surface area contributed by atoms with Crippen LogP contribution in [0.4, 0.5) is 19.4 Å². The van der Waals surface area contributed by atoms with Gasteiger partial charge in [0.25, 0.3) is 0 Å². The zero-order valence-electron chi connectivity index (χ0n) is 17.9. The molecule has 1 saturated heterocycles. The number of hydrogen-bond donors (Lipinski definition) is 2. The summed E-state index contributed by atoms with van der Waals surface area (Å²) in [5.41, 5.74) is 7.90. The van der Waals surface area contributed by atoms with Crippen LogP contribution in [-0.4, -0.2) is 48.9 Å². The predicted molar refractivity (Wildman–Crippen MR) is 119 cm³/mol. The second-order valence-corrected chi connectivity index (χ2v) is 7.98. The van der Waals surface area contributed by atoms with E-state index in [1.54, 1.807) is 28.9 Å². The number of piperidine rings is 1. The first-order valence-electron chi connectivity index (χ1n) is 10.6. The summed E-state index contributed by atoms with van der Waals surface area (Å²) < 4.78 is 34.5. The largest absolute Gasteiger partial charge is 0.465 e. The van der Waals surface area contributed by atoms with Crippen molar-refractivity contribution in [2.75, 3.05) is 18.8 Å². The minimum Gasteiger partial charge on any atom is -0.465 e. The smallest absolute Gasteiger partial charge is 0.407 e. The Morgan fingerprint density at radius 1 is 1.15 bits per heavy atom. The number of aromatic nitrogens is 4. The quantitative estimate of drug-likeness (QED) is 0.456. The second-order valence-electron chi connectivity index (χ2n) is 7.98. The van der Waals surface area contributed by atoms with Gasteiger partial charge in [-0.15, -0.1) is 0 Å². The first kappa shape index (κ1) is 21.6. The van der Waals surface area contributed by atoms with E-state index < -0.39 is 17.7 Å². The summed E-state index contributed by atoms with van der Waals surface area (Å²) in [6.07, 6.45) is 1.83. The lowest BCUT2D eigenvalue weighted by Crippen LogP contribution is -2.40. The summed E-state index contributed by atoms with van der Waals surface area (Å²) in [6.45, 7) is 0.768. The van der Waals surface area contributed by atoms with Crippen LogP contribution < -0.4 is 10.5 Å². The Kier molecular flexibility index (Phi) is 5.44. The number of nitrogen functional groups attached to an aromatic ring is 1. The number of anilines is 1. The maximum Gasteiger partial charge on any atom is 0.407 e. The van der Waals surface area contributed by atoms with Crippen molar-refractivity contribution in [2.24, 2.45) is 0 Å². The van der Waals surface area contributed by atoms with Gasteiger partial charge in [-0.25, -0.2) is 28.2 Å². The van der Waals surface area contributed by atoms with Gasteiger partial charge in [-0.2, -0.15) is 5.10 Å². The topological polar surface area (TPSA) is 119 Å². The van der Waals surface area contributed by atoms with Crippen LogP contribution in [0.2, 0.25) is 0 Å². The van der Waals surface area contributed by atoms with E-state index in [-0.39, 0.29) is 17.6 Å². The number of carbonyl (C=O) groups is 1. The van der Waals surface area contributed by atoms with Crippen LogP contribution in [0.1, 0.15) is 18.9 Å². The summed E-state index contributed by atoms with van der Waals surface area (Å²) in [5.74, 6) is -0.946. The second kappa shape index (κ2) is 8.58. The van der Waals surface area contributed by atoms with Crippen LogP contribution >= 0.6 is 0 Å². The lowest BCUT2D eigenvalue weighted by molar-refractivity contribution is 0.120. The number of hydrogen-bond acceptors (Lipinski definition) is 6. The molecule has 0 spiro atoms. The molecule has 5 rings (SSSR count). The maximum atomic E-state index is 13.9. The molecular weight excluding hydrogens is 446 g/mol. The van der Waals surface area contributed by atoms with Crippen molar-refractivity contribution in [2.45, 2.75) is 18.9 Å². The number of fused-ring (bicyclic) bond motifs is 1. The van der Waals surface area contributed by atoms with E-state index in [4.69, 9.17) is 15.6 Å². The molecule has 3 N–H and O–H groups in total. The molecule has 0 aliphatic carbocycles. The number of nitrogens with two attached hydrogens (primary N) is 1. The Morgan fingerprint density at radius 3 is 2.71 bits per heavy atom. The molecule has 34 heavy (non-hydrogen) atoms. The fourth-order valence-electron chi connectivity index (χ4n) is 4.14. The molecule has 0 unspecified atom stereocenters. The van der Waals surface area contributed by atoms with Crippen molar-refractivity contribution in [3.8, 4) is 22.8 Å². The summed E-state index contributed by atoms with van der Waals surface area (Å²) in [4.78, 5) is 21.3. The molecule has 4 aromatic rings. The highest BCUT2D eigenvalue weighted by molar-refractivity contribution is 5.98. The SMILES string of the molecule is Nc1ncnc2c1c(-c1ccc(Oc3cc(F)ccc3F)cc1)nn2[C@@H]1CCCN(C(=O)O)C1. The van der Waals surface area contributed by atoms with Crippen LogP contribution in [0.25, 0.3) is 22.3 Å². The van der Waals surface area contributed by atoms with Gasteiger partial charge in [-0.3, -0.25) is 0 Å². The van der Waals surface area contributed by atoms with Crippen molar-refractivity contribution in [1.29, 1.82) is 0 Å². The first-order chi connectivity index (χ1) is 16.4. The van der Waals surface area contributed by atoms with Gasteiger partial charge in [-0.05, 0) is 49.2 Å². The summed E-state index contributed by atoms with van der Waals surface area (Å²) in [7, 11) is 0. The van der Waals surface area contributed by atoms with Crippen molar-refractivity contribution < 1.29 is 23.4 Å². The van der Waals surface area contributed by atoms with Gasteiger partial charge in [0.1, 0.15) is 29.4 Å². The zero-order chi connectivity index (χ0) is 23.8. The molecule has 3 heterocycles. The number of rotatable bonds is 4. The molecule has 0 bridgehead atoms. The number of halogens is 2. The molecule has 174 valence electrons. The van der Waals surface area contributed by atoms with Gasteiger partial charge in [0.15, 0.2) is 17.2 Å². The number of ether oxygens (including phenoxy) is 1. The molecule has 9 nitrogen and oxygen atoms in total. The average Bonchev–Trinajstić information content (AvgIpc) is 3.23. The van der Waals surface area contributed by atoms with Crippen LogP contribution in [-0.2, 0) is 0 Å². The van der Waals surface area contributed by atoms with Gasteiger partial charge in [-0.1, -0.05) is 0 Å². The monoisotopic (exact) mass is 466 g/mol. The molecule has 1 aliphatic heterocycles. The van der Waals surface area contributed by atoms with Crippen molar-refractivity contribution in [3.63, 3.8) is 0 Å². The number of benzene rings is 2. The third-order valence-corrected chi connectivity index (χ3v) is 5.78. The van der Waals surface area contributed by atoms with Gasteiger partial charge in [0.05, 0.1) is 11.4 Å². The van der Waals surface area contributed by atoms with Crippen molar-refractivity contribution in [1.82, 2.24) is 24.6 Å². The first-order valence-corrected chi connectivity index (χ1v) is 10.6. The maximum absolute atomic E-state index is 13.9. The van der Waals surface area contributed by atoms with E-state index >= 15 is 0 Å². The molecular formula is C23H20F2N6O3. The van der Waals surface area contributed by atoms with Gasteiger partial charge >= 0.3 is 6.09 Å². The highest BCUT2D eigenvalue weighted by Crippen LogP contribution is 2.35. The Hall–Kier alpha value is -4.28. The molecule has 2 aromatic heterocycles. The van der Waals surface area contributed by atoms with Gasteiger partial charge in [0, 0.05) is 24.7 Å². The number of carboxylic acid groups (broad SMARTS) is 1. The molecule has 0 saturated carbocycles. The van der Waals surface area contributed by atoms with Gasteiger partial charge in [0.2, 0.25) is 0 Å². The molecule has 1 amide bonds. The van der Waals surface area contributed by atoms with Crippen molar-refractivity contribution >= 4 is 22.9 Å². The number of amides is 1. The fraction of sp³-hybridized carbons (Fsp3) is 0.217. The summed E-state index contributed by atoms with van der Waals surface area (Å²) in [5, 5.41) is 14.7. The van der Waals surface area contributed by atoms with Crippen LogP contribution in [0.15, 0.2) is 48.8 Å². The fourth-order valence-corrected chi connectivity index (χ4v) is 4.14. The molecule has 1 atom stereocenters. The Bertz CT molecular complexity index is 1380. The Labute approximate surface area is 192 Å². The van der Waals surface area contributed by atoms with E-state index in [9.17, 15) is 18.7 Å². The molecule has 1 fully saturated rings. The van der Waals surface area contributed by atoms with E-state index in [0.29, 0.717) is 47.6 Å². The Morgan fingerprint density at radius 2 is 1.94 bits per heavy atom. The highest BCUT2D eigenvalue weighted by Gasteiger charge is 2.28. The normalized spacial score (nSPS) is 16.1. The van der Waals surface area contributed by atoms with Gasteiger partial charge < -0.3 is 20.5 Å². The third-order valence-electron chi connectivity index (χ3n) is 5.78. The molecule has 11 heteroatoms. The van der Waals surface area contributed by atoms with E-state index in [1.165, 1.54) is 11.2 Å². The minimum absolute atomic E-state index is 0.200. The standard InChI is InChI=1S/C23H20F2N6O3/c24-14-5-8-17(25)18(10-14)34-16-6-3-13(4-7-16)20-19-21(26)27-12-28-22(19)31(29-20)15-2-1-9-30(11-15)23(32)33/h3-8,10,12,15H,1-2,9,11H2,(H,32,33)(H2,26,27,28)/t15-/m1/s1. The third kappa shape index (κ3) is 3.96. The van der Waals surface area contributed by atoms with E-state index in [2.05, 4.69) is 9.97 Å². The highest BCUT2D eigenvalue weighted by atomic mass is 19.1. The molecule has 0 radical (unpaired) electrons. The Balaban J connectivity index is 1.50. The van der Waals surface area contributed by atoms with Crippen LogP contribution in [0.5, 0.6) is 11.5 Å². The lowest BCUT2D eigenvalue weighted by atomic mass is 10.1. The number of likely N-dealkylation sites (tertiary alicyclic amines) is 1. The zero-order valence-corrected chi connectivity index (χ0v) is 17.9. The molecule has 2 aromatic carbocycles. The summed E-state index contributed by atoms with van der Waals surface area (Å²) >= 11 is 0. The van der Waals surface area contributed by atoms with Crippen molar-refractivity contribution in [3.05, 3.63) is 60.4 Å². The van der Waals surface area contributed by atoms with E-state index in [1.807, 2.05) is 0 Å². The number of nitrogens with zero attached hydrogens (tertiary/aromatic N) is 5. The predicted octanol–water partition coefficient (Wildman–Crippen LogP) is 4.46. The van der Waals surface area contributed by atoms with Crippen LogP contribution in [0.3, 0.4) is 0 Å². The lowest BCUT2D eigenvalue weighted by Gasteiger charge is -2.30.